The van der Waals surface area contributed by atoms with Crippen molar-refractivity contribution in [2.45, 2.75) is 71.8 Å². The van der Waals surface area contributed by atoms with Gasteiger partial charge in [0.15, 0.2) is 0 Å². The van der Waals surface area contributed by atoms with E-state index in [0.29, 0.717) is 25.4 Å². The summed E-state index contributed by atoms with van der Waals surface area (Å²) in [5.41, 5.74) is 0.396. The second-order valence-corrected chi connectivity index (χ2v) is 7.85. The Kier molecular flexibility index (Phi) is 8.22. The van der Waals surface area contributed by atoms with E-state index in [2.05, 4.69) is 6.92 Å². The van der Waals surface area contributed by atoms with Gasteiger partial charge < -0.3 is 13.3 Å². The average Bonchev–Trinajstić information content (AvgIpc) is 2.41. The average molecular weight is 287 g/mol. The lowest BCUT2D eigenvalue weighted by molar-refractivity contribution is 0.0601. The maximum absolute atomic E-state index is 6.09. The Morgan fingerprint density at radius 3 is 1.68 bits per heavy atom. The van der Waals surface area contributed by atoms with Crippen molar-refractivity contribution in [3.63, 3.8) is 0 Å². The highest BCUT2D eigenvalue weighted by atomic mass is 28.4. The van der Waals surface area contributed by atoms with Crippen molar-refractivity contribution in [2.75, 3.05) is 19.8 Å². The summed E-state index contributed by atoms with van der Waals surface area (Å²) in [6.07, 6.45) is 7.55. The SMILES string of the molecule is CCO[Si](OCC)(OCC)C(CC)[C]1CCCCC1. The first-order chi connectivity index (χ1) is 9.24. The van der Waals surface area contributed by atoms with Gasteiger partial charge in [-0.25, -0.2) is 0 Å². The van der Waals surface area contributed by atoms with Crippen molar-refractivity contribution >= 4 is 8.80 Å². The molecule has 0 aliphatic heterocycles. The molecule has 1 rings (SSSR count). The quantitative estimate of drug-likeness (QED) is 0.590. The summed E-state index contributed by atoms with van der Waals surface area (Å²) in [5, 5.41) is 0. The second-order valence-electron chi connectivity index (χ2n) is 5.08. The van der Waals surface area contributed by atoms with Gasteiger partial charge in [0, 0.05) is 25.4 Å². The van der Waals surface area contributed by atoms with E-state index in [1.807, 2.05) is 20.8 Å². The maximum atomic E-state index is 6.09. The normalized spacial score (nSPS) is 19.6. The molecule has 0 N–H and O–H groups in total. The monoisotopic (exact) mass is 287 g/mol. The van der Waals surface area contributed by atoms with Gasteiger partial charge in [0.05, 0.1) is 0 Å². The van der Waals surface area contributed by atoms with Crippen LogP contribution in [0.15, 0.2) is 0 Å². The summed E-state index contributed by atoms with van der Waals surface area (Å²) in [6.45, 7) is 10.4. The predicted molar refractivity (Wildman–Crippen MR) is 81.0 cm³/mol. The van der Waals surface area contributed by atoms with Crippen LogP contribution >= 0.6 is 0 Å². The first-order valence-corrected chi connectivity index (χ1v) is 9.80. The minimum Gasteiger partial charge on any atom is -0.374 e. The Balaban J connectivity index is 2.87. The van der Waals surface area contributed by atoms with Gasteiger partial charge in [-0.1, -0.05) is 26.2 Å². The molecule has 1 radical (unpaired) electrons. The van der Waals surface area contributed by atoms with E-state index in [1.165, 1.54) is 32.1 Å². The first-order valence-electron chi connectivity index (χ1n) is 8.00. The zero-order valence-electron chi connectivity index (χ0n) is 13.2. The minimum atomic E-state index is -2.55. The second kappa shape index (κ2) is 9.11. The molecule has 0 amide bonds. The fourth-order valence-corrected chi connectivity index (χ4v) is 6.52. The molecule has 1 aliphatic carbocycles. The van der Waals surface area contributed by atoms with Crippen LogP contribution in [0, 0.1) is 5.92 Å². The van der Waals surface area contributed by atoms with Gasteiger partial charge in [-0.05, 0) is 46.0 Å². The molecule has 0 spiro atoms. The van der Waals surface area contributed by atoms with Gasteiger partial charge >= 0.3 is 8.80 Å². The van der Waals surface area contributed by atoms with E-state index in [4.69, 9.17) is 13.3 Å². The van der Waals surface area contributed by atoms with Crippen LogP contribution < -0.4 is 0 Å². The zero-order chi connectivity index (χ0) is 14.1. The lowest BCUT2D eigenvalue weighted by Gasteiger charge is -2.40. The molecule has 0 aromatic heterocycles. The van der Waals surface area contributed by atoms with Crippen molar-refractivity contribution in [1.29, 1.82) is 0 Å². The van der Waals surface area contributed by atoms with Crippen LogP contribution in [-0.2, 0) is 13.3 Å². The van der Waals surface area contributed by atoms with Gasteiger partial charge in [0.2, 0.25) is 0 Å². The Morgan fingerprint density at radius 1 is 0.842 bits per heavy atom. The van der Waals surface area contributed by atoms with Crippen LogP contribution in [0.3, 0.4) is 0 Å². The van der Waals surface area contributed by atoms with Crippen molar-refractivity contribution < 1.29 is 13.3 Å². The van der Waals surface area contributed by atoms with Crippen LogP contribution in [0.25, 0.3) is 0 Å². The van der Waals surface area contributed by atoms with E-state index in [-0.39, 0.29) is 0 Å². The minimum absolute atomic E-state index is 0.396. The number of hydrogen-bond acceptors (Lipinski definition) is 3. The number of hydrogen-bond donors (Lipinski definition) is 0. The molecule has 113 valence electrons. The van der Waals surface area contributed by atoms with Crippen LogP contribution in [0.5, 0.6) is 0 Å². The standard InChI is InChI=1S/C15H31O3Si/c1-5-15(14-12-10-9-11-13-14)19(16-6-2,17-7-3)18-8-4/h15H,5-13H2,1-4H3. The Morgan fingerprint density at radius 2 is 1.32 bits per heavy atom. The number of rotatable bonds is 9. The van der Waals surface area contributed by atoms with Crippen molar-refractivity contribution in [2.24, 2.45) is 0 Å². The van der Waals surface area contributed by atoms with Crippen LogP contribution in [0.2, 0.25) is 5.54 Å². The Hall–Kier alpha value is 0.0969. The van der Waals surface area contributed by atoms with Crippen LogP contribution in [0.4, 0.5) is 0 Å². The van der Waals surface area contributed by atoms with E-state index >= 15 is 0 Å². The highest BCUT2D eigenvalue weighted by molar-refractivity contribution is 6.63. The van der Waals surface area contributed by atoms with Gasteiger partial charge in [-0.2, -0.15) is 0 Å². The summed E-state index contributed by atoms with van der Waals surface area (Å²) < 4.78 is 18.3. The molecule has 0 aromatic carbocycles. The molecule has 1 unspecified atom stereocenters. The molecule has 1 aliphatic rings. The van der Waals surface area contributed by atoms with Crippen molar-refractivity contribution in [3.8, 4) is 0 Å². The molecule has 0 heterocycles. The van der Waals surface area contributed by atoms with E-state index in [0.717, 1.165) is 6.42 Å². The molecule has 1 fully saturated rings. The molecule has 0 saturated heterocycles. The highest BCUT2D eigenvalue weighted by Gasteiger charge is 2.51. The highest BCUT2D eigenvalue weighted by Crippen LogP contribution is 2.44. The molecule has 4 heteroatoms. The summed E-state index contributed by atoms with van der Waals surface area (Å²) in [4.78, 5) is 0. The molecule has 3 nitrogen and oxygen atoms in total. The smallest absolute Gasteiger partial charge is 0.374 e. The topological polar surface area (TPSA) is 27.7 Å². The van der Waals surface area contributed by atoms with Crippen molar-refractivity contribution in [1.82, 2.24) is 0 Å². The van der Waals surface area contributed by atoms with Gasteiger partial charge in [-0.15, -0.1) is 0 Å². The van der Waals surface area contributed by atoms with Gasteiger partial charge in [-0.3, -0.25) is 0 Å². The molecular formula is C15H31O3Si. The molecule has 1 saturated carbocycles. The molecular weight excluding hydrogens is 256 g/mol. The Labute approximate surface area is 120 Å². The lowest BCUT2D eigenvalue weighted by Crippen LogP contribution is -2.52. The Bertz CT molecular complexity index is 212. The van der Waals surface area contributed by atoms with Gasteiger partial charge in [0.25, 0.3) is 0 Å². The van der Waals surface area contributed by atoms with Gasteiger partial charge in [0.1, 0.15) is 0 Å². The third-order valence-electron chi connectivity index (χ3n) is 3.86. The molecule has 19 heavy (non-hydrogen) atoms. The third-order valence-corrected chi connectivity index (χ3v) is 7.60. The summed E-state index contributed by atoms with van der Waals surface area (Å²) in [7, 11) is -2.55. The maximum Gasteiger partial charge on any atom is 0.504 e. The van der Waals surface area contributed by atoms with Crippen LogP contribution in [0.1, 0.15) is 66.2 Å². The first kappa shape index (κ1) is 17.1. The van der Waals surface area contributed by atoms with Crippen molar-refractivity contribution in [3.05, 3.63) is 5.92 Å². The molecule has 0 bridgehead atoms. The zero-order valence-corrected chi connectivity index (χ0v) is 14.2. The molecule has 0 aromatic rings. The van der Waals surface area contributed by atoms with Crippen LogP contribution in [-0.4, -0.2) is 28.6 Å². The summed E-state index contributed by atoms with van der Waals surface area (Å²) in [6, 6.07) is 0. The fraction of sp³-hybridized carbons (Fsp3) is 0.933. The largest absolute Gasteiger partial charge is 0.504 e. The van der Waals surface area contributed by atoms with E-state index < -0.39 is 8.80 Å². The third kappa shape index (κ3) is 4.55. The molecule has 1 atom stereocenters. The van der Waals surface area contributed by atoms with E-state index in [9.17, 15) is 0 Å². The summed E-state index contributed by atoms with van der Waals surface area (Å²) in [5.74, 6) is 1.63. The lowest BCUT2D eigenvalue weighted by atomic mass is 9.86. The summed E-state index contributed by atoms with van der Waals surface area (Å²) >= 11 is 0. The predicted octanol–water partition coefficient (Wildman–Crippen LogP) is 4.35. The van der Waals surface area contributed by atoms with E-state index in [1.54, 1.807) is 5.92 Å². The fourth-order valence-electron chi connectivity index (χ4n) is 3.17.